The number of hydrogen-bond donors (Lipinski definition) is 1. The van der Waals surface area contributed by atoms with Crippen molar-refractivity contribution in [1.82, 2.24) is 14.9 Å². The predicted octanol–water partition coefficient (Wildman–Crippen LogP) is 1.87. The van der Waals surface area contributed by atoms with Crippen LogP contribution in [-0.2, 0) is 6.42 Å². The van der Waals surface area contributed by atoms with Gasteiger partial charge in [0.1, 0.15) is 10.7 Å². The summed E-state index contributed by atoms with van der Waals surface area (Å²) in [6, 6.07) is 3.77. The Morgan fingerprint density at radius 1 is 1.45 bits per heavy atom. The molecule has 106 valence electrons. The first-order chi connectivity index (χ1) is 9.58. The first-order valence-corrected chi connectivity index (χ1v) is 7.31. The highest BCUT2D eigenvalue weighted by Gasteiger charge is 2.16. The Kier molecular flexibility index (Phi) is 4.81. The number of amides is 1. The second-order valence-corrected chi connectivity index (χ2v) is 5.58. The minimum absolute atomic E-state index is 0.0674. The number of hydrogen-bond acceptors (Lipinski definition) is 5. The van der Waals surface area contributed by atoms with E-state index in [0.717, 1.165) is 17.0 Å². The molecule has 0 fully saturated rings. The van der Waals surface area contributed by atoms with Crippen LogP contribution in [0.5, 0.6) is 0 Å². The quantitative estimate of drug-likeness (QED) is 0.912. The van der Waals surface area contributed by atoms with E-state index in [1.165, 1.54) is 11.3 Å². The molecule has 5 nitrogen and oxygen atoms in total. The van der Waals surface area contributed by atoms with Gasteiger partial charge in [-0.25, -0.2) is 4.98 Å². The molecule has 6 heteroatoms. The molecular formula is C14H18N4OS. The lowest BCUT2D eigenvalue weighted by atomic mass is 10.2. The maximum Gasteiger partial charge on any atom is 0.273 e. The number of thiazole rings is 1. The van der Waals surface area contributed by atoms with E-state index in [1.54, 1.807) is 29.7 Å². The highest BCUT2D eigenvalue weighted by atomic mass is 32.1. The third kappa shape index (κ3) is 3.61. The van der Waals surface area contributed by atoms with Crippen LogP contribution in [0.25, 0.3) is 0 Å². The van der Waals surface area contributed by atoms with Crippen molar-refractivity contribution in [3.05, 3.63) is 46.2 Å². The molecule has 0 radical (unpaired) electrons. The standard InChI is InChI=1S/C14H18N4OS/c1-10(15)13-17-12(9-20-13)14(19)18(2)8-5-11-3-6-16-7-4-11/h3-4,6-7,9-10H,5,8,15H2,1-2H3. The van der Waals surface area contributed by atoms with Gasteiger partial charge in [-0.1, -0.05) is 0 Å². The second-order valence-electron chi connectivity index (χ2n) is 4.69. The van der Waals surface area contributed by atoms with Crippen LogP contribution in [0, 0.1) is 0 Å². The zero-order valence-corrected chi connectivity index (χ0v) is 12.4. The average molecular weight is 290 g/mol. The Bertz CT molecular complexity index is 568. The second kappa shape index (κ2) is 6.58. The fourth-order valence-electron chi connectivity index (χ4n) is 1.74. The van der Waals surface area contributed by atoms with E-state index in [4.69, 9.17) is 5.73 Å². The molecule has 1 unspecified atom stereocenters. The fourth-order valence-corrected chi connectivity index (χ4v) is 2.49. The van der Waals surface area contributed by atoms with Crippen LogP contribution in [0.4, 0.5) is 0 Å². The fraction of sp³-hybridized carbons (Fsp3) is 0.357. The normalized spacial score (nSPS) is 12.2. The number of pyridine rings is 1. The number of likely N-dealkylation sites (N-methyl/N-ethyl adjacent to an activating group) is 1. The van der Waals surface area contributed by atoms with Crippen molar-refractivity contribution in [2.45, 2.75) is 19.4 Å². The topological polar surface area (TPSA) is 72.1 Å². The largest absolute Gasteiger partial charge is 0.340 e. The van der Waals surface area contributed by atoms with Crippen molar-refractivity contribution in [2.24, 2.45) is 5.73 Å². The van der Waals surface area contributed by atoms with Gasteiger partial charge in [-0.2, -0.15) is 0 Å². The van der Waals surface area contributed by atoms with Gasteiger partial charge in [0.15, 0.2) is 0 Å². The van der Waals surface area contributed by atoms with Crippen molar-refractivity contribution in [3.63, 3.8) is 0 Å². The summed E-state index contributed by atoms with van der Waals surface area (Å²) in [7, 11) is 1.79. The molecule has 2 rings (SSSR count). The average Bonchev–Trinajstić information content (AvgIpc) is 2.95. The predicted molar refractivity (Wildman–Crippen MR) is 79.6 cm³/mol. The zero-order valence-electron chi connectivity index (χ0n) is 11.6. The molecule has 2 N–H and O–H groups in total. The first-order valence-electron chi connectivity index (χ1n) is 6.43. The van der Waals surface area contributed by atoms with Crippen LogP contribution in [0.3, 0.4) is 0 Å². The molecule has 20 heavy (non-hydrogen) atoms. The van der Waals surface area contributed by atoms with E-state index in [0.29, 0.717) is 12.2 Å². The third-order valence-electron chi connectivity index (χ3n) is 2.96. The van der Waals surface area contributed by atoms with Crippen molar-refractivity contribution in [2.75, 3.05) is 13.6 Å². The van der Waals surface area contributed by atoms with Crippen molar-refractivity contribution >= 4 is 17.2 Å². The van der Waals surface area contributed by atoms with E-state index in [2.05, 4.69) is 9.97 Å². The van der Waals surface area contributed by atoms with Crippen LogP contribution >= 0.6 is 11.3 Å². The van der Waals surface area contributed by atoms with Gasteiger partial charge in [0.05, 0.1) is 6.04 Å². The molecule has 0 aliphatic heterocycles. The summed E-state index contributed by atoms with van der Waals surface area (Å²) < 4.78 is 0. The summed E-state index contributed by atoms with van der Waals surface area (Å²) in [5.74, 6) is -0.0674. The molecule has 2 aromatic rings. The maximum absolute atomic E-state index is 12.2. The molecule has 0 aliphatic carbocycles. The van der Waals surface area contributed by atoms with E-state index in [9.17, 15) is 4.79 Å². The molecule has 0 saturated heterocycles. The van der Waals surface area contributed by atoms with Crippen LogP contribution in [-0.4, -0.2) is 34.4 Å². The summed E-state index contributed by atoms with van der Waals surface area (Å²) in [4.78, 5) is 22.2. The minimum Gasteiger partial charge on any atom is -0.340 e. The summed E-state index contributed by atoms with van der Waals surface area (Å²) in [5, 5.41) is 2.56. The smallest absolute Gasteiger partial charge is 0.273 e. The van der Waals surface area contributed by atoms with E-state index < -0.39 is 0 Å². The molecule has 0 bridgehead atoms. The lowest BCUT2D eigenvalue weighted by Crippen LogP contribution is -2.29. The van der Waals surface area contributed by atoms with Gasteiger partial charge < -0.3 is 10.6 Å². The zero-order chi connectivity index (χ0) is 14.5. The van der Waals surface area contributed by atoms with E-state index in [1.807, 2.05) is 19.1 Å². The molecule has 0 saturated carbocycles. The number of carbonyl (C=O) groups excluding carboxylic acids is 1. The Labute approximate surface area is 122 Å². The SMILES string of the molecule is CC(N)c1nc(C(=O)N(C)CCc2ccncc2)cs1. The first kappa shape index (κ1) is 14.6. The summed E-state index contributed by atoms with van der Waals surface area (Å²) >= 11 is 1.43. The Morgan fingerprint density at radius 3 is 2.75 bits per heavy atom. The van der Waals surface area contributed by atoms with Gasteiger partial charge in [0, 0.05) is 31.4 Å². The molecule has 0 aromatic carbocycles. The minimum atomic E-state index is -0.135. The Morgan fingerprint density at radius 2 is 2.15 bits per heavy atom. The van der Waals surface area contributed by atoms with Crippen LogP contribution in [0.2, 0.25) is 0 Å². The molecule has 2 aromatic heterocycles. The summed E-state index contributed by atoms with van der Waals surface area (Å²) in [5.41, 5.74) is 7.39. The van der Waals surface area contributed by atoms with Crippen LogP contribution < -0.4 is 5.73 Å². The van der Waals surface area contributed by atoms with Crippen molar-refractivity contribution < 1.29 is 4.79 Å². The maximum atomic E-state index is 12.2. The van der Waals surface area contributed by atoms with Crippen molar-refractivity contribution in [1.29, 1.82) is 0 Å². The van der Waals surface area contributed by atoms with E-state index >= 15 is 0 Å². The number of nitrogens with two attached hydrogens (primary N) is 1. The van der Waals surface area contributed by atoms with Crippen LogP contribution in [0.15, 0.2) is 29.9 Å². The molecule has 2 heterocycles. The third-order valence-corrected chi connectivity index (χ3v) is 4.01. The monoisotopic (exact) mass is 290 g/mol. The van der Waals surface area contributed by atoms with Crippen molar-refractivity contribution in [3.8, 4) is 0 Å². The molecule has 0 spiro atoms. The Balaban J connectivity index is 1.94. The van der Waals surface area contributed by atoms with Gasteiger partial charge in [-0.3, -0.25) is 9.78 Å². The van der Waals surface area contributed by atoms with Gasteiger partial charge in [-0.15, -0.1) is 11.3 Å². The highest BCUT2D eigenvalue weighted by Crippen LogP contribution is 2.16. The van der Waals surface area contributed by atoms with Crippen LogP contribution in [0.1, 0.15) is 34.0 Å². The van der Waals surface area contributed by atoms with E-state index in [-0.39, 0.29) is 11.9 Å². The molecule has 0 aliphatic rings. The lowest BCUT2D eigenvalue weighted by molar-refractivity contribution is 0.0791. The Hall–Kier alpha value is -1.79. The number of nitrogens with zero attached hydrogens (tertiary/aromatic N) is 3. The molecule has 1 atom stereocenters. The summed E-state index contributed by atoms with van der Waals surface area (Å²) in [6.07, 6.45) is 4.31. The number of rotatable bonds is 5. The number of carbonyl (C=O) groups is 1. The summed E-state index contributed by atoms with van der Waals surface area (Å²) in [6.45, 7) is 2.51. The molecular weight excluding hydrogens is 272 g/mol. The van der Waals surface area contributed by atoms with Gasteiger partial charge in [0.2, 0.25) is 0 Å². The highest BCUT2D eigenvalue weighted by molar-refractivity contribution is 7.09. The molecule has 1 amide bonds. The van der Waals surface area contributed by atoms with Gasteiger partial charge >= 0.3 is 0 Å². The van der Waals surface area contributed by atoms with Gasteiger partial charge in [-0.05, 0) is 31.0 Å². The number of aromatic nitrogens is 2. The lowest BCUT2D eigenvalue weighted by Gasteiger charge is -2.15. The van der Waals surface area contributed by atoms with Gasteiger partial charge in [0.25, 0.3) is 5.91 Å².